The lowest BCUT2D eigenvalue weighted by Gasteiger charge is -2.26. The number of alkyl halides is 2. The van der Waals surface area contributed by atoms with Crippen LogP contribution in [0.1, 0.15) is 6.42 Å². The van der Waals surface area contributed by atoms with E-state index >= 15 is 0 Å². The summed E-state index contributed by atoms with van der Waals surface area (Å²) in [6.07, 6.45) is -1.32. The van der Waals surface area contributed by atoms with Gasteiger partial charge in [0.15, 0.2) is 5.03 Å². The summed E-state index contributed by atoms with van der Waals surface area (Å²) in [5, 5.41) is 3.56. The summed E-state index contributed by atoms with van der Waals surface area (Å²) in [4.78, 5) is 0. The molecule has 1 atom stereocenters. The van der Waals surface area contributed by atoms with Gasteiger partial charge in [-0.3, -0.25) is 4.68 Å². The third-order valence-electron chi connectivity index (χ3n) is 2.94. The highest BCUT2D eigenvalue weighted by Crippen LogP contribution is 2.23. The van der Waals surface area contributed by atoms with E-state index in [1.54, 1.807) is 7.05 Å². The average molecular weight is 295 g/mol. The van der Waals surface area contributed by atoms with Gasteiger partial charge in [-0.2, -0.15) is 9.40 Å². The normalized spacial score (nSPS) is 22.6. The van der Waals surface area contributed by atoms with Gasteiger partial charge in [-0.1, -0.05) is 0 Å². The second-order valence-corrected chi connectivity index (χ2v) is 6.08. The summed E-state index contributed by atoms with van der Waals surface area (Å²) in [5.74, 6) is 0. The summed E-state index contributed by atoms with van der Waals surface area (Å²) in [6, 6.07) is -0.0709. The van der Waals surface area contributed by atoms with Gasteiger partial charge < -0.3 is 4.74 Å². The van der Waals surface area contributed by atoms with Crippen molar-refractivity contribution in [3.8, 4) is 0 Å². The van der Waals surface area contributed by atoms with Crippen molar-refractivity contribution in [2.75, 3.05) is 19.8 Å². The van der Waals surface area contributed by atoms with Crippen LogP contribution in [-0.4, -0.2) is 54.7 Å². The van der Waals surface area contributed by atoms with Crippen molar-refractivity contribution in [1.29, 1.82) is 0 Å². The SMILES string of the molecule is Cn1ccc(S(=O)(=O)N2CCOCCC2C(F)F)n1. The number of halogens is 2. The first-order valence-corrected chi connectivity index (χ1v) is 7.24. The van der Waals surface area contributed by atoms with E-state index in [-0.39, 0.29) is 31.2 Å². The minimum absolute atomic E-state index is 0.0241. The second-order valence-electron chi connectivity index (χ2n) is 4.25. The molecule has 0 N–H and O–H groups in total. The predicted molar refractivity (Wildman–Crippen MR) is 62.3 cm³/mol. The van der Waals surface area contributed by atoms with E-state index in [2.05, 4.69) is 5.10 Å². The van der Waals surface area contributed by atoms with Crippen LogP contribution in [0.2, 0.25) is 0 Å². The van der Waals surface area contributed by atoms with Crippen LogP contribution >= 0.6 is 0 Å². The van der Waals surface area contributed by atoms with E-state index < -0.39 is 22.5 Å². The second kappa shape index (κ2) is 5.51. The maximum atomic E-state index is 13.0. The topological polar surface area (TPSA) is 64.4 Å². The van der Waals surface area contributed by atoms with Crippen LogP contribution in [0.4, 0.5) is 8.78 Å². The zero-order valence-corrected chi connectivity index (χ0v) is 11.2. The fourth-order valence-corrected chi connectivity index (χ4v) is 3.55. The van der Waals surface area contributed by atoms with Crippen molar-refractivity contribution >= 4 is 10.0 Å². The first-order valence-electron chi connectivity index (χ1n) is 5.80. The Morgan fingerprint density at radius 1 is 1.47 bits per heavy atom. The molecule has 0 radical (unpaired) electrons. The Morgan fingerprint density at radius 2 is 2.21 bits per heavy atom. The van der Waals surface area contributed by atoms with E-state index in [4.69, 9.17) is 4.74 Å². The van der Waals surface area contributed by atoms with Crippen LogP contribution in [0.3, 0.4) is 0 Å². The summed E-state index contributed by atoms with van der Waals surface area (Å²) >= 11 is 0. The van der Waals surface area contributed by atoms with Crippen LogP contribution in [-0.2, 0) is 21.8 Å². The third kappa shape index (κ3) is 2.93. The zero-order valence-electron chi connectivity index (χ0n) is 10.4. The van der Waals surface area contributed by atoms with Crippen molar-refractivity contribution in [3.63, 3.8) is 0 Å². The van der Waals surface area contributed by atoms with Crippen molar-refractivity contribution in [1.82, 2.24) is 14.1 Å². The third-order valence-corrected chi connectivity index (χ3v) is 4.75. The van der Waals surface area contributed by atoms with Crippen molar-refractivity contribution < 1.29 is 21.9 Å². The molecule has 9 heteroatoms. The predicted octanol–water partition coefficient (Wildman–Crippen LogP) is 0.465. The van der Waals surface area contributed by atoms with Gasteiger partial charge in [-0.25, -0.2) is 17.2 Å². The highest BCUT2D eigenvalue weighted by Gasteiger charge is 2.38. The Labute approximate surface area is 110 Å². The van der Waals surface area contributed by atoms with Crippen LogP contribution in [0.25, 0.3) is 0 Å². The monoisotopic (exact) mass is 295 g/mol. The molecule has 0 bridgehead atoms. The lowest BCUT2D eigenvalue weighted by Crippen LogP contribution is -2.45. The zero-order chi connectivity index (χ0) is 14.0. The summed E-state index contributed by atoms with van der Waals surface area (Å²) < 4.78 is 57.9. The maximum absolute atomic E-state index is 13.0. The van der Waals surface area contributed by atoms with Gasteiger partial charge in [0.05, 0.1) is 12.6 Å². The molecule has 0 aromatic carbocycles. The van der Waals surface area contributed by atoms with E-state index in [0.29, 0.717) is 0 Å². The molecule has 1 fully saturated rings. The minimum atomic E-state index is -4.02. The van der Waals surface area contributed by atoms with E-state index in [1.807, 2.05) is 0 Å². The molecule has 1 aromatic rings. The molecule has 1 aromatic heterocycles. The van der Waals surface area contributed by atoms with E-state index in [1.165, 1.54) is 16.9 Å². The standard InChI is InChI=1S/C10H15F2N3O3S/c1-14-4-2-9(13-14)19(16,17)15-5-7-18-6-3-8(15)10(11)12/h2,4,8,10H,3,5-7H2,1H3. The van der Waals surface area contributed by atoms with Crippen molar-refractivity contribution in [2.45, 2.75) is 23.9 Å². The number of nitrogens with zero attached hydrogens (tertiary/aromatic N) is 3. The molecule has 19 heavy (non-hydrogen) atoms. The quantitative estimate of drug-likeness (QED) is 0.813. The van der Waals surface area contributed by atoms with Gasteiger partial charge in [0.2, 0.25) is 0 Å². The van der Waals surface area contributed by atoms with Gasteiger partial charge in [-0.05, 0) is 12.5 Å². The number of hydrogen-bond donors (Lipinski definition) is 0. The average Bonchev–Trinajstić information content (AvgIpc) is 2.64. The smallest absolute Gasteiger partial charge is 0.262 e. The molecule has 1 unspecified atom stereocenters. The van der Waals surface area contributed by atoms with Gasteiger partial charge >= 0.3 is 0 Å². The molecular weight excluding hydrogens is 280 g/mol. The summed E-state index contributed by atoms with van der Waals surface area (Å²) in [7, 11) is -2.45. The number of rotatable bonds is 3. The Kier molecular flexibility index (Phi) is 4.16. The Morgan fingerprint density at radius 3 is 2.79 bits per heavy atom. The Bertz CT molecular complexity index is 532. The van der Waals surface area contributed by atoms with E-state index in [0.717, 1.165) is 4.31 Å². The van der Waals surface area contributed by atoms with Gasteiger partial charge in [-0.15, -0.1) is 0 Å². The first-order chi connectivity index (χ1) is 8.93. The molecule has 108 valence electrons. The largest absolute Gasteiger partial charge is 0.380 e. The maximum Gasteiger partial charge on any atom is 0.262 e. The van der Waals surface area contributed by atoms with Gasteiger partial charge in [0, 0.05) is 26.4 Å². The lowest BCUT2D eigenvalue weighted by atomic mass is 10.2. The van der Waals surface area contributed by atoms with E-state index in [9.17, 15) is 17.2 Å². The molecule has 0 aliphatic carbocycles. The molecule has 1 aliphatic rings. The van der Waals surface area contributed by atoms with Crippen LogP contribution in [0, 0.1) is 0 Å². The fraction of sp³-hybridized carbons (Fsp3) is 0.700. The molecule has 6 nitrogen and oxygen atoms in total. The van der Waals surface area contributed by atoms with Crippen molar-refractivity contribution in [3.05, 3.63) is 12.3 Å². The Balaban J connectivity index is 2.35. The molecule has 0 saturated carbocycles. The molecule has 0 spiro atoms. The number of ether oxygens (including phenoxy) is 1. The van der Waals surface area contributed by atoms with Crippen molar-refractivity contribution in [2.24, 2.45) is 7.05 Å². The summed E-state index contributed by atoms with van der Waals surface area (Å²) in [5.41, 5.74) is 0. The molecule has 0 amide bonds. The Hall–Kier alpha value is -1.06. The summed E-state index contributed by atoms with van der Waals surface area (Å²) in [6.45, 7) is 0.145. The van der Waals surface area contributed by atoms with Gasteiger partial charge in [0.1, 0.15) is 0 Å². The molecular formula is C10H15F2N3O3S. The van der Waals surface area contributed by atoms with Gasteiger partial charge in [0.25, 0.3) is 16.4 Å². The highest BCUT2D eigenvalue weighted by molar-refractivity contribution is 7.89. The minimum Gasteiger partial charge on any atom is -0.380 e. The first kappa shape index (κ1) is 14.4. The number of hydrogen-bond acceptors (Lipinski definition) is 4. The van der Waals surface area contributed by atoms with Crippen LogP contribution in [0.5, 0.6) is 0 Å². The molecule has 2 heterocycles. The molecule has 2 rings (SSSR count). The molecule has 1 aliphatic heterocycles. The number of aryl methyl sites for hydroxylation is 1. The number of aromatic nitrogens is 2. The highest BCUT2D eigenvalue weighted by atomic mass is 32.2. The number of sulfonamides is 1. The fourth-order valence-electron chi connectivity index (χ4n) is 1.97. The lowest BCUT2D eigenvalue weighted by molar-refractivity contribution is 0.0616. The van der Waals surface area contributed by atoms with Crippen LogP contribution < -0.4 is 0 Å². The molecule has 1 saturated heterocycles. The van der Waals surface area contributed by atoms with Crippen LogP contribution in [0.15, 0.2) is 17.3 Å².